The van der Waals surface area contributed by atoms with E-state index in [1.165, 1.54) is 0 Å². The quantitative estimate of drug-likeness (QED) is 0.495. The van der Waals surface area contributed by atoms with Crippen molar-refractivity contribution in [2.75, 3.05) is 7.05 Å². The Morgan fingerprint density at radius 1 is 1.80 bits per heavy atom. The van der Waals surface area contributed by atoms with Crippen molar-refractivity contribution >= 4 is 5.97 Å². The first-order chi connectivity index (χ1) is 4.57. The Labute approximate surface area is 60.4 Å². The third-order valence-corrected chi connectivity index (χ3v) is 1.51. The number of carboxylic acids is 1. The minimum atomic E-state index is -0.852. The molecule has 2 atom stereocenters. The van der Waals surface area contributed by atoms with Crippen molar-refractivity contribution in [3.05, 3.63) is 0 Å². The van der Waals surface area contributed by atoms with Crippen LogP contribution in [0.1, 0.15) is 13.3 Å². The molecular formula is C6H14N2O2. The Morgan fingerprint density at radius 2 is 2.30 bits per heavy atom. The number of rotatable bonds is 4. The van der Waals surface area contributed by atoms with Crippen molar-refractivity contribution in [1.29, 1.82) is 0 Å². The molecule has 10 heavy (non-hydrogen) atoms. The van der Waals surface area contributed by atoms with Crippen LogP contribution in [0.2, 0.25) is 0 Å². The van der Waals surface area contributed by atoms with Gasteiger partial charge in [-0.15, -0.1) is 0 Å². The second kappa shape index (κ2) is 4.24. The SMILES string of the molecule is CNC(C)C(N)CC(=O)O. The van der Waals surface area contributed by atoms with E-state index < -0.39 is 5.97 Å². The van der Waals surface area contributed by atoms with E-state index in [-0.39, 0.29) is 18.5 Å². The van der Waals surface area contributed by atoms with Crippen molar-refractivity contribution in [1.82, 2.24) is 5.32 Å². The molecule has 0 bridgehead atoms. The van der Waals surface area contributed by atoms with Gasteiger partial charge in [-0.2, -0.15) is 0 Å². The van der Waals surface area contributed by atoms with E-state index in [1.807, 2.05) is 6.92 Å². The van der Waals surface area contributed by atoms with Gasteiger partial charge in [0.25, 0.3) is 0 Å². The summed E-state index contributed by atoms with van der Waals surface area (Å²) in [5.41, 5.74) is 5.49. The van der Waals surface area contributed by atoms with Gasteiger partial charge in [-0.05, 0) is 14.0 Å². The molecule has 0 aliphatic heterocycles. The standard InChI is InChI=1S/C6H14N2O2/c1-4(8-2)5(7)3-6(9)10/h4-5,8H,3,7H2,1-2H3,(H,9,10). The van der Waals surface area contributed by atoms with Crippen LogP contribution in [0.15, 0.2) is 0 Å². The minimum Gasteiger partial charge on any atom is -0.481 e. The highest BCUT2D eigenvalue weighted by molar-refractivity contribution is 5.67. The van der Waals surface area contributed by atoms with Crippen molar-refractivity contribution in [3.8, 4) is 0 Å². The molecular weight excluding hydrogens is 132 g/mol. The summed E-state index contributed by atoms with van der Waals surface area (Å²) in [6.07, 6.45) is 0.0159. The number of hydrogen-bond acceptors (Lipinski definition) is 3. The van der Waals surface area contributed by atoms with Gasteiger partial charge in [0, 0.05) is 12.1 Å². The molecule has 0 rings (SSSR count). The van der Waals surface area contributed by atoms with Crippen LogP contribution in [0.25, 0.3) is 0 Å². The minimum absolute atomic E-state index is 0.0159. The zero-order valence-electron chi connectivity index (χ0n) is 6.29. The summed E-state index contributed by atoms with van der Waals surface area (Å²) in [6.45, 7) is 1.85. The number of nitrogens with one attached hydrogen (secondary N) is 1. The van der Waals surface area contributed by atoms with Crippen molar-refractivity contribution in [3.63, 3.8) is 0 Å². The Hall–Kier alpha value is -0.610. The molecule has 0 fully saturated rings. The van der Waals surface area contributed by atoms with Gasteiger partial charge in [-0.1, -0.05) is 0 Å². The number of likely N-dealkylation sites (N-methyl/N-ethyl adjacent to an activating group) is 1. The third kappa shape index (κ3) is 3.42. The Morgan fingerprint density at radius 3 is 2.60 bits per heavy atom. The highest BCUT2D eigenvalue weighted by atomic mass is 16.4. The maximum atomic E-state index is 10.1. The molecule has 0 spiro atoms. The molecule has 0 heterocycles. The molecule has 0 saturated carbocycles. The second-order valence-electron chi connectivity index (χ2n) is 2.34. The lowest BCUT2D eigenvalue weighted by atomic mass is 10.1. The predicted octanol–water partition coefficient (Wildman–Crippen LogP) is -0.604. The molecule has 4 heteroatoms. The molecule has 4 nitrogen and oxygen atoms in total. The molecule has 0 radical (unpaired) electrons. The Kier molecular flexibility index (Phi) is 3.99. The lowest BCUT2D eigenvalue weighted by Gasteiger charge is -2.16. The Bertz CT molecular complexity index is 116. The van der Waals surface area contributed by atoms with Gasteiger partial charge in [0.1, 0.15) is 0 Å². The van der Waals surface area contributed by atoms with Crippen LogP contribution < -0.4 is 11.1 Å². The van der Waals surface area contributed by atoms with Crippen LogP contribution in [0, 0.1) is 0 Å². The Balaban J connectivity index is 3.61. The van der Waals surface area contributed by atoms with Gasteiger partial charge in [0.2, 0.25) is 0 Å². The highest BCUT2D eigenvalue weighted by Crippen LogP contribution is 1.93. The first-order valence-corrected chi connectivity index (χ1v) is 3.22. The monoisotopic (exact) mass is 146 g/mol. The van der Waals surface area contributed by atoms with Gasteiger partial charge in [-0.25, -0.2) is 0 Å². The molecule has 0 aromatic carbocycles. The molecule has 60 valence electrons. The van der Waals surface area contributed by atoms with Crippen LogP contribution in [0.3, 0.4) is 0 Å². The fraction of sp³-hybridized carbons (Fsp3) is 0.833. The largest absolute Gasteiger partial charge is 0.481 e. The summed E-state index contributed by atoms with van der Waals surface area (Å²) in [5, 5.41) is 11.2. The summed E-state index contributed by atoms with van der Waals surface area (Å²) >= 11 is 0. The zero-order chi connectivity index (χ0) is 8.15. The number of aliphatic carboxylic acids is 1. The number of hydrogen-bond donors (Lipinski definition) is 3. The normalized spacial score (nSPS) is 16.3. The van der Waals surface area contributed by atoms with E-state index in [9.17, 15) is 4.79 Å². The average Bonchev–Trinajstić information content (AvgIpc) is 1.85. The van der Waals surface area contributed by atoms with Crippen LogP contribution in [-0.4, -0.2) is 30.2 Å². The lowest BCUT2D eigenvalue weighted by molar-refractivity contribution is -0.137. The highest BCUT2D eigenvalue weighted by Gasteiger charge is 2.13. The van der Waals surface area contributed by atoms with Gasteiger partial charge in [-0.3, -0.25) is 4.79 Å². The first kappa shape index (κ1) is 9.39. The van der Waals surface area contributed by atoms with E-state index in [0.29, 0.717) is 0 Å². The van der Waals surface area contributed by atoms with Gasteiger partial charge in [0.05, 0.1) is 6.42 Å². The number of carbonyl (C=O) groups is 1. The maximum Gasteiger partial charge on any atom is 0.304 e. The third-order valence-electron chi connectivity index (χ3n) is 1.51. The van der Waals surface area contributed by atoms with Crippen LogP contribution in [0.4, 0.5) is 0 Å². The zero-order valence-corrected chi connectivity index (χ0v) is 6.29. The summed E-state index contributed by atoms with van der Waals surface area (Å²) in [7, 11) is 1.76. The van der Waals surface area contributed by atoms with Crippen molar-refractivity contribution < 1.29 is 9.90 Å². The average molecular weight is 146 g/mol. The van der Waals surface area contributed by atoms with E-state index in [4.69, 9.17) is 10.8 Å². The molecule has 0 saturated heterocycles. The van der Waals surface area contributed by atoms with E-state index in [2.05, 4.69) is 5.32 Å². The maximum absolute atomic E-state index is 10.1. The molecule has 0 aliphatic carbocycles. The molecule has 0 amide bonds. The number of nitrogens with two attached hydrogens (primary N) is 1. The number of carboxylic acid groups (broad SMARTS) is 1. The fourth-order valence-corrected chi connectivity index (χ4v) is 0.592. The van der Waals surface area contributed by atoms with Crippen molar-refractivity contribution in [2.45, 2.75) is 25.4 Å². The van der Waals surface area contributed by atoms with Crippen LogP contribution in [0.5, 0.6) is 0 Å². The van der Waals surface area contributed by atoms with E-state index in [1.54, 1.807) is 7.05 Å². The van der Waals surface area contributed by atoms with Crippen LogP contribution in [-0.2, 0) is 4.79 Å². The molecule has 2 unspecified atom stereocenters. The molecule has 0 aromatic heterocycles. The topological polar surface area (TPSA) is 75.3 Å². The van der Waals surface area contributed by atoms with Crippen LogP contribution >= 0.6 is 0 Å². The van der Waals surface area contributed by atoms with Gasteiger partial charge in [0.15, 0.2) is 0 Å². The van der Waals surface area contributed by atoms with E-state index in [0.717, 1.165) is 0 Å². The molecule has 0 aliphatic rings. The summed E-state index contributed by atoms with van der Waals surface area (Å²) in [6, 6.07) is -0.251. The predicted molar refractivity (Wildman–Crippen MR) is 38.7 cm³/mol. The van der Waals surface area contributed by atoms with Crippen molar-refractivity contribution in [2.24, 2.45) is 5.73 Å². The molecule has 0 aromatic rings. The molecule has 4 N–H and O–H groups in total. The second-order valence-corrected chi connectivity index (χ2v) is 2.34. The first-order valence-electron chi connectivity index (χ1n) is 3.22. The van der Waals surface area contributed by atoms with Gasteiger partial charge < -0.3 is 16.2 Å². The lowest BCUT2D eigenvalue weighted by Crippen LogP contribution is -2.42. The summed E-state index contributed by atoms with van der Waals surface area (Å²) < 4.78 is 0. The summed E-state index contributed by atoms with van der Waals surface area (Å²) in [5.74, 6) is -0.852. The van der Waals surface area contributed by atoms with E-state index >= 15 is 0 Å². The fourth-order valence-electron chi connectivity index (χ4n) is 0.592. The smallest absolute Gasteiger partial charge is 0.304 e. The van der Waals surface area contributed by atoms with Gasteiger partial charge >= 0.3 is 5.97 Å². The summed E-state index contributed by atoms with van der Waals surface area (Å²) in [4.78, 5) is 10.1.